The quantitative estimate of drug-likeness (QED) is 0.670. The third kappa shape index (κ3) is 2.53. The number of amides is 1. The van der Waals surface area contributed by atoms with Crippen LogP contribution in [0.4, 0.5) is 0 Å². The molecule has 2 unspecified atom stereocenters. The minimum atomic E-state index is -0.0129. The second kappa shape index (κ2) is 4.39. The van der Waals surface area contributed by atoms with Crippen LogP contribution in [0, 0.1) is 5.92 Å². The number of rotatable bonds is 3. The van der Waals surface area contributed by atoms with Gasteiger partial charge in [-0.1, -0.05) is 6.92 Å². The number of aromatic nitrogens is 3. The van der Waals surface area contributed by atoms with E-state index in [1.807, 2.05) is 0 Å². The van der Waals surface area contributed by atoms with Crippen LogP contribution in [-0.4, -0.2) is 39.8 Å². The van der Waals surface area contributed by atoms with Crippen molar-refractivity contribution in [2.24, 2.45) is 5.92 Å². The molecule has 2 N–H and O–H groups in total. The first-order valence-electron chi connectivity index (χ1n) is 5.08. The summed E-state index contributed by atoms with van der Waals surface area (Å²) in [4.78, 5) is 15.4. The molecule has 6 nitrogen and oxygen atoms in total. The SMILES string of the molecule is CC1CNCC1NC(=O)Cn1cncn1. The largest absolute Gasteiger partial charge is 0.350 e. The van der Waals surface area contributed by atoms with Crippen molar-refractivity contribution in [2.45, 2.75) is 19.5 Å². The van der Waals surface area contributed by atoms with Gasteiger partial charge >= 0.3 is 0 Å². The summed E-state index contributed by atoms with van der Waals surface area (Å²) in [5.74, 6) is 0.478. The van der Waals surface area contributed by atoms with Gasteiger partial charge in [-0.3, -0.25) is 4.79 Å². The highest BCUT2D eigenvalue weighted by atomic mass is 16.2. The molecule has 0 aliphatic carbocycles. The molecular weight excluding hydrogens is 194 g/mol. The van der Waals surface area contributed by atoms with Crippen molar-refractivity contribution in [1.82, 2.24) is 25.4 Å². The fraction of sp³-hybridized carbons (Fsp3) is 0.667. The molecule has 2 heterocycles. The number of nitrogens with one attached hydrogen (secondary N) is 2. The van der Waals surface area contributed by atoms with Crippen molar-refractivity contribution in [3.63, 3.8) is 0 Å². The topological polar surface area (TPSA) is 71.8 Å². The van der Waals surface area contributed by atoms with E-state index in [0.29, 0.717) is 5.92 Å². The molecule has 1 fully saturated rings. The first-order valence-corrected chi connectivity index (χ1v) is 5.08. The standard InChI is InChI=1S/C9H15N5O/c1-7-2-10-3-8(7)13-9(15)4-14-6-11-5-12-14/h5-8,10H,2-4H2,1H3,(H,13,15). The first kappa shape index (κ1) is 10.1. The van der Waals surface area contributed by atoms with E-state index >= 15 is 0 Å². The molecule has 0 aromatic carbocycles. The van der Waals surface area contributed by atoms with E-state index in [1.54, 1.807) is 0 Å². The highest BCUT2D eigenvalue weighted by molar-refractivity contribution is 5.76. The Labute approximate surface area is 88.1 Å². The van der Waals surface area contributed by atoms with Crippen LogP contribution in [0.3, 0.4) is 0 Å². The second-order valence-corrected chi connectivity index (χ2v) is 3.90. The fourth-order valence-electron chi connectivity index (χ4n) is 1.72. The minimum absolute atomic E-state index is 0.0129. The zero-order valence-electron chi connectivity index (χ0n) is 8.68. The van der Waals surface area contributed by atoms with E-state index in [4.69, 9.17) is 0 Å². The van der Waals surface area contributed by atoms with Gasteiger partial charge in [0.15, 0.2) is 0 Å². The van der Waals surface area contributed by atoms with Crippen molar-refractivity contribution in [3.05, 3.63) is 12.7 Å². The zero-order chi connectivity index (χ0) is 10.7. The first-order chi connectivity index (χ1) is 7.25. The number of hydrogen-bond acceptors (Lipinski definition) is 4. The molecule has 1 aliphatic heterocycles. The van der Waals surface area contributed by atoms with Gasteiger partial charge < -0.3 is 10.6 Å². The van der Waals surface area contributed by atoms with Crippen LogP contribution in [0.15, 0.2) is 12.7 Å². The van der Waals surface area contributed by atoms with Crippen LogP contribution in [0.25, 0.3) is 0 Å². The fourth-order valence-corrected chi connectivity index (χ4v) is 1.72. The summed E-state index contributed by atoms with van der Waals surface area (Å²) in [7, 11) is 0. The van der Waals surface area contributed by atoms with Crippen molar-refractivity contribution in [3.8, 4) is 0 Å². The normalized spacial score (nSPS) is 25.4. The van der Waals surface area contributed by atoms with Crippen LogP contribution in [0.2, 0.25) is 0 Å². The lowest BCUT2D eigenvalue weighted by molar-refractivity contribution is -0.122. The summed E-state index contributed by atoms with van der Waals surface area (Å²) < 4.78 is 1.52. The smallest absolute Gasteiger partial charge is 0.242 e. The molecule has 0 bridgehead atoms. The van der Waals surface area contributed by atoms with Gasteiger partial charge in [0.05, 0.1) is 0 Å². The van der Waals surface area contributed by atoms with Gasteiger partial charge in [-0.25, -0.2) is 9.67 Å². The Morgan fingerprint density at radius 3 is 3.13 bits per heavy atom. The van der Waals surface area contributed by atoms with Crippen molar-refractivity contribution < 1.29 is 4.79 Å². The molecule has 2 atom stereocenters. The number of hydrogen-bond donors (Lipinski definition) is 2. The highest BCUT2D eigenvalue weighted by Crippen LogP contribution is 2.06. The molecule has 0 spiro atoms. The summed E-state index contributed by atoms with van der Waals surface area (Å²) in [5.41, 5.74) is 0. The van der Waals surface area contributed by atoms with E-state index in [0.717, 1.165) is 13.1 Å². The summed E-state index contributed by atoms with van der Waals surface area (Å²) in [5, 5.41) is 10.1. The van der Waals surface area contributed by atoms with Crippen LogP contribution >= 0.6 is 0 Å². The third-order valence-corrected chi connectivity index (χ3v) is 2.64. The Kier molecular flexibility index (Phi) is 2.96. The maximum Gasteiger partial charge on any atom is 0.242 e. The Morgan fingerprint density at radius 2 is 2.53 bits per heavy atom. The molecule has 2 rings (SSSR count). The maximum absolute atomic E-state index is 11.6. The van der Waals surface area contributed by atoms with Gasteiger partial charge in [0.2, 0.25) is 5.91 Å². The van der Waals surface area contributed by atoms with Crippen molar-refractivity contribution in [1.29, 1.82) is 0 Å². The molecule has 1 aromatic heterocycles. The molecule has 1 aliphatic rings. The monoisotopic (exact) mass is 209 g/mol. The van der Waals surface area contributed by atoms with Gasteiger partial charge in [0.1, 0.15) is 19.2 Å². The molecule has 1 saturated heterocycles. The lowest BCUT2D eigenvalue weighted by Crippen LogP contribution is -2.41. The molecule has 1 aromatic rings. The second-order valence-electron chi connectivity index (χ2n) is 3.90. The van der Waals surface area contributed by atoms with Gasteiger partial charge in [-0.2, -0.15) is 5.10 Å². The van der Waals surface area contributed by atoms with E-state index in [1.165, 1.54) is 17.3 Å². The number of carbonyl (C=O) groups is 1. The highest BCUT2D eigenvalue weighted by Gasteiger charge is 2.24. The summed E-state index contributed by atoms with van der Waals surface area (Å²) in [6, 6.07) is 0.237. The van der Waals surface area contributed by atoms with E-state index in [9.17, 15) is 4.79 Å². The predicted molar refractivity (Wildman–Crippen MR) is 54.0 cm³/mol. The van der Waals surface area contributed by atoms with Crippen LogP contribution in [0.1, 0.15) is 6.92 Å². The number of carbonyl (C=O) groups excluding carboxylic acids is 1. The molecule has 1 amide bonds. The van der Waals surface area contributed by atoms with Gasteiger partial charge in [-0.15, -0.1) is 0 Å². The lowest BCUT2D eigenvalue weighted by Gasteiger charge is -2.15. The Balaban J connectivity index is 1.82. The number of nitrogens with zero attached hydrogens (tertiary/aromatic N) is 3. The van der Waals surface area contributed by atoms with Crippen LogP contribution < -0.4 is 10.6 Å². The maximum atomic E-state index is 11.6. The third-order valence-electron chi connectivity index (χ3n) is 2.64. The average molecular weight is 209 g/mol. The molecule has 6 heteroatoms. The van der Waals surface area contributed by atoms with Crippen LogP contribution in [-0.2, 0) is 11.3 Å². The van der Waals surface area contributed by atoms with E-state index in [2.05, 4.69) is 27.6 Å². The average Bonchev–Trinajstić information content (AvgIpc) is 2.79. The van der Waals surface area contributed by atoms with Gasteiger partial charge in [0.25, 0.3) is 0 Å². The summed E-state index contributed by atoms with van der Waals surface area (Å²) >= 11 is 0. The van der Waals surface area contributed by atoms with Gasteiger partial charge in [-0.05, 0) is 12.5 Å². The molecule has 82 valence electrons. The predicted octanol–water partition coefficient (Wildman–Crippen LogP) is -0.998. The van der Waals surface area contributed by atoms with E-state index in [-0.39, 0.29) is 18.5 Å². The van der Waals surface area contributed by atoms with Crippen LogP contribution in [0.5, 0.6) is 0 Å². The summed E-state index contributed by atoms with van der Waals surface area (Å²) in [6.45, 7) is 4.18. The Morgan fingerprint density at radius 1 is 1.67 bits per heavy atom. The Bertz CT molecular complexity index is 323. The molecular formula is C9H15N5O. The molecule has 0 saturated carbocycles. The minimum Gasteiger partial charge on any atom is -0.350 e. The van der Waals surface area contributed by atoms with E-state index < -0.39 is 0 Å². The molecule has 0 radical (unpaired) electrons. The molecule has 15 heavy (non-hydrogen) atoms. The van der Waals surface area contributed by atoms with Crippen molar-refractivity contribution >= 4 is 5.91 Å². The lowest BCUT2D eigenvalue weighted by atomic mass is 10.1. The summed E-state index contributed by atoms with van der Waals surface area (Å²) in [6.07, 6.45) is 2.96. The zero-order valence-corrected chi connectivity index (χ0v) is 8.68. The Hall–Kier alpha value is -1.43. The van der Waals surface area contributed by atoms with Crippen molar-refractivity contribution in [2.75, 3.05) is 13.1 Å². The van der Waals surface area contributed by atoms with Gasteiger partial charge in [0, 0.05) is 12.6 Å².